The number of hydrogen-bond acceptors (Lipinski definition) is 8. The largest absolute Gasteiger partial charge is 0.495 e. The van der Waals surface area contributed by atoms with Crippen LogP contribution in [0, 0.1) is 0 Å². The third kappa shape index (κ3) is 4.52. The van der Waals surface area contributed by atoms with Gasteiger partial charge in [0.1, 0.15) is 17.2 Å². The molecule has 0 atom stereocenters. The topological polar surface area (TPSA) is 91.1 Å². The molecule has 1 saturated heterocycles. The average molecular weight is 506 g/mol. The van der Waals surface area contributed by atoms with Gasteiger partial charge in [0.05, 0.1) is 24.4 Å². The summed E-state index contributed by atoms with van der Waals surface area (Å²) >= 11 is 6.36. The SMILES string of the molecule is COc1cc(CO)c(-c2cn3ccc(N4CCN(c5ccnc(NC6CC6)n5)CC4)cc3n2)cc1Cl. The molecule has 0 amide bonds. The second kappa shape index (κ2) is 9.48. The highest BCUT2D eigenvalue weighted by Crippen LogP contribution is 2.34. The van der Waals surface area contributed by atoms with Crippen molar-refractivity contribution in [2.24, 2.45) is 0 Å². The van der Waals surface area contributed by atoms with Gasteiger partial charge in [-0.3, -0.25) is 0 Å². The number of nitrogens with zero attached hydrogens (tertiary/aromatic N) is 6. The molecule has 9 nitrogen and oxygen atoms in total. The maximum Gasteiger partial charge on any atom is 0.224 e. The first-order chi connectivity index (χ1) is 17.6. The molecule has 1 saturated carbocycles. The van der Waals surface area contributed by atoms with Crippen LogP contribution in [0.2, 0.25) is 5.02 Å². The molecule has 0 unspecified atom stereocenters. The molecule has 1 aromatic carbocycles. The average Bonchev–Trinajstić information content (AvgIpc) is 3.63. The molecular formula is C26H28ClN7O2. The molecule has 186 valence electrons. The molecule has 10 heteroatoms. The minimum Gasteiger partial charge on any atom is -0.495 e. The van der Waals surface area contributed by atoms with E-state index in [2.05, 4.69) is 32.2 Å². The van der Waals surface area contributed by atoms with Crippen LogP contribution < -0.4 is 19.9 Å². The van der Waals surface area contributed by atoms with Crippen molar-refractivity contribution in [3.05, 3.63) is 59.5 Å². The Hall–Kier alpha value is -3.56. The van der Waals surface area contributed by atoms with Gasteiger partial charge in [-0.05, 0) is 42.7 Å². The van der Waals surface area contributed by atoms with Crippen molar-refractivity contribution < 1.29 is 9.84 Å². The number of imidazole rings is 1. The van der Waals surface area contributed by atoms with Crippen molar-refractivity contribution in [3.63, 3.8) is 0 Å². The van der Waals surface area contributed by atoms with E-state index in [1.807, 2.05) is 29.1 Å². The Morgan fingerprint density at radius 3 is 2.64 bits per heavy atom. The molecule has 4 aromatic rings. The lowest BCUT2D eigenvalue weighted by atomic mass is 10.1. The number of halogens is 1. The molecule has 4 heterocycles. The number of aromatic nitrogens is 4. The summed E-state index contributed by atoms with van der Waals surface area (Å²) in [5.41, 5.74) is 4.24. The molecule has 6 rings (SSSR count). The van der Waals surface area contributed by atoms with Crippen LogP contribution in [0.5, 0.6) is 5.75 Å². The molecule has 1 aliphatic carbocycles. The molecule has 2 fully saturated rings. The molecule has 0 radical (unpaired) electrons. The zero-order valence-corrected chi connectivity index (χ0v) is 20.8. The van der Waals surface area contributed by atoms with Crippen molar-refractivity contribution in [1.29, 1.82) is 0 Å². The number of benzene rings is 1. The lowest BCUT2D eigenvalue weighted by molar-refractivity contribution is 0.281. The first kappa shape index (κ1) is 22.9. The second-order valence-electron chi connectivity index (χ2n) is 9.21. The summed E-state index contributed by atoms with van der Waals surface area (Å²) < 4.78 is 7.28. The Labute approximate surface area is 214 Å². The van der Waals surface area contributed by atoms with Gasteiger partial charge in [-0.15, -0.1) is 0 Å². The molecule has 1 aliphatic heterocycles. The Balaban J connectivity index is 1.19. The van der Waals surface area contributed by atoms with E-state index in [-0.39, 0.29) is 6.61 Å². The normalized spacial score (nSPS) is 16.0. The Bertz CT molecular complexity index is 1400. The van der Waals surface area contributed by atoms with Gasteiger partial charge in [0.2, 0.25) is 5.95 Å². The Kier molecular flexibility index (Phi) is 6.02. The van der Waals surface area contributed by atoms with Crippen LogP contribution in [0.25, 0.3) is 16.9 Å². The maximum absolute atomic E-state index is 9.88. The monoisotopic (exact) mass is 505 g/mol. The fourth-order valence-electron chi connectivity index (χ4n) is 4.62. The summed E-state index contributed by atoms with van der Waals surface area (Å²) in [7, 11) is 1.56. The van der Waals surface area contributed by atoms with Gasteiger partial charge in [0.15, 0.2) is 0 Å². The lowest BCUT2D eigenvalue weighted by Gasteiger charge is -2.36. The summed E-state index contributed by atoms with van der Waals surface area (Å²) in [6.45, 7) is 3.42. The standard InChI is InChI=1S/C26H28ClN7O2/c1-36-23-12-17(16-35)20(14-21(23)27)22-15-34-7-5-19(13-25(34)30-22)32-8-10-33(11-9-32)24-4-6-28-26(31-24)29-18-2-3-18/h4-7,12-15,18,35H,2-3,8-11,16H2,1H3,(H,28,29,31). The highest BCUT2D eigenvalue weighted by atomic mass is 35.5. The van der Waals surface area contributed by atoms with Gasteiger partial charge in [0.25, 0.3) is 0 Å². The van der Waals surface area contributed by atoms with Crippen molar-refractivity contribution in [2.45, 2.75) is 25.5 Å². The van der Waals surface area contributed by atoms with E-state index in [1.54, 1.807) is 19.2 Å². The molecule has 2 aliphatic rings. The van der Waals surface area contributed by atoms with Crippen LogP contribution in [-0.2, 0) is 6.61 Å². The quantitative estimate of drug-likeness (QED) is 0.391. The first-order valence-electron chi connectivity index (χ1n) is 12.2. The van der Waals surface area contributed by atoms with Gasteiger partial charge < -0.3 is 29.4 Å². The number of rotatable bonds is 7. The van der Waals surface area contributed by atoms with Crippen LogP contribution in [0.3, 0.4) is 0 Å². The van der Waals surface area contributed by atoms with E-state index in [0.717, 1.165) is 66.1 Å². The number of fused-ring (bicyclic) bond motifs is 1. The van der Waals surface area contributed by atoms with Crippen LogP contribution in [0.15, 0.2) is 48.9 Å². The zero-order valence-electron chi connectivity index (χ0n) is 20.1. The summed E-state index contributed by atoms with van der Waals surface area (Å²) in [6, 6.07) is 10.3. The van der Waals surface area contributed by atoms with Gasteiger partial charge in [-0.25, -0.2) is 9.97 Å². The molecule has 0 spiro atoms. The molecular weight excluding hydrogens is 478 g/mol. The van der Waals surface area contributed by atoms with E-state index in [4.69, 9.17) is 26.3 Å². The minimum absolute atomic E-state index is 0.128. The Morgan fingerprint density at radius 2 is 1.89 bits per heavy atom. The van der Waals surface area contributed by atoms with E-state index in [9.17, 15) is 5.11 Å². The van der Waals surface area contributed by atoms with Gasteiger partial charge >= 0.3 is 0 Å². The highest BCUT2D eigenvalue weighted by Gasteiger charge is 2.23. The predicted molar refractivity (Wildman–Crippen MR) is 141 cm³/mol. The second-order valence-corrected chi connectivity index (χ2v) is 9.62. The van der Waals surface area contributed by atoms with Crippen molar-refractivity contribution >= 4 is 34.7 Å². The van der Waals surface area contributed by atoms with E-state index in [1.165, 1.54) is 12.8 Å². The summed E-state index contributed by atoms with van der Waals surface area (Å²) in [5, 5.41) is 13.8. The number of piperazine rings is 1. The zero-order chi connectivity index (χ0) is 24.6. The highest BCUT2D eigenvalue weighted by molar-refractivity contribution is 6.32. The number of pyridine rings is 1. The fraction of sp³-hybridized carbons (Fsp3) is 0.346. The number of ether oxygens (including phenoxy) is 1. The maximum atomic E-state index is 9.88. The number of aliphatic hydroxyl groups is 1. The number of anilines is 3. The van der Waals surface area contributed by atoms with Crippen LogP contribution >= 0.6 is 11.6 Å². The minimum atomic E-state index is -0.128. The van der Waals surface area contributed by atoms with Crippen molar-refractivity contribution in [3.8, 4) is 17.0 Å². The van der Waals surface area contributed by atoms with Crippen molar-refractivity contribution in [2.75, 3.05) is 48.4 Å². The molecule has 3 aromatic heterocycles. The summed E-state index contributed by atoms with van der Waals surface area (Å²) in [4.78, 5) is 18.6. The smallest absolute Gasteiger partial charge is 0.224 e. The van der Waals surface area contributed by atoms with Gasteiger partial charge in [-0.1, -0.05) is 11.6 Å². The number of aliphatic hydroxyl groups excluding tert-OH is 1. The molecule has 2 N–H and O–H groups in total. The third-order valence-corrected chi connectivity index (χ3v) is 7.08. The van der Waals surface area contributed by atoms with Gasteiger partial charge in [0, 0.05) is 68.1 Å². The third-order valence-electron chi connectivity index (χ3n) is 6.79. The summed E-state index contributed by atoms with van der Waals surface area (Å²) in [6.07, 6.45) is 8.21. The van der Waals surface area contributed by atoms with E-state index in [0.29, 0.717) is 16.8 Å². The molecule has 36 heavy (non-hydrogen) atoms. The van der Waals surface area contributed by atoms with E-state index < -0.39 is 0 Å². The first-order valence-corrected chi connectivity index (χ1v) is 12.5. The van der Waals surface area contributed by atoms with E-state index >= 15 is 0 Å². The number of methoxy groups -OCH3 is 1. The van der Waals surface area contributed by atoms with Crippen molar-refractivity contribution in [1.82, 2.24) is 19.4 Å². The van der Waals surface area contributed by atoms with Crippen LogP contribution in [0.4, 0.5) is 17.5 Å². The number of hydrogen-bond donors (Lipinski definition) is 2. The predicted octanol–water partition coefficient (Wildman–Crippen LogP) is 3.85. The fourth-order valence-corrected chi connectivity index (χ4v) is 4.86. The molecule has 0 bridgehead atoms. The number of nitrogens with one attached hydrogen (secondary N) is 1. The van der Waals surface area contributed by atoms with Crippen LogP contribution in [-0.4, -0.2) is 63.8 Å². The lowest BCUT2D eigenvalue weighted by Crippen LogP contribution is -2.46. The van der Waals surface area contributed by atoms with Gasteiger partial charge in [-0.2, -0.15) is 4.98 Å². The Morgan fingerprint density at radius 1 is 1.08 bits per heavy atom. The van der Waals surface area contributed by atoms with Crippen LogP contribution in [0.1, 0.15) is 18.4 Å². The summed E-state index contributed by atoms with van der Waals surface area (Å²) in [5.74, 6) is 2.23.